The second kappa shape index (κ2) is 6.34. The Morgan fingerprint density at radius 2 is 2.14 bits per heavy atom. The summed E-state index contributed by atoms with van der Waals surface area (Å²) in [6, 6.07) is -0.131. The quantitative estimate of drug-likeness (QED) is 0.772. The molecule has 0 aliphatic heterocycles. The molecule has 1 amide bonds. The highest BCUT2D eigenvalue weighted by molar-refractivity contribution is 6.01. The number of hydrogen-bond donors (Lipinski definition) is 0. The zero-order chi connectivity index (χ0) is 15.4. The monoisotopic (exact) mass is 290 g/mol. The molecule has 0 atom stereocenters. The molecule has 2 heterocycles. The molecule has 0 aliphatic rings. The number of fused-ring (bicyclic) bond motifs is 1. The SMILES string of the molecule is CCOC(=O)CN(C(=O)c1cnn2ccncc12)C(C)C. The lowest BCUT2D eigenvalue weighted by Gasteiger charge is -2.25. The summed E-state index contributed by atoms with van der Waals surface area (Å²) >= 11 is 0. The summed E-state index contributed by atoms with van der Waals surface area (Å²) in [4.78, 5) is 29.7. The van der Waals surface area contributed by atoms with Crippen LogP contribution in [0.4, 0.5) is 0 Å². The predicted octanol–water partition coefficient (Wildman–Crippen LogP) is 1.14. The highest BCUT2D eigenvalue weighted by atomic mass is 16.5. The van der Waals surface area contributed by atoms with Crippen LogP contribution in [0.1, 0.15) is 31.1 Å². The van der Waals surface area contributed by atoms with Gasteiger partial charge in [-0.2, -0.15) is 5.10 Å². The lowest BCUT2D eigenvalue weighted by molar-refractivity contribution is -0.144. The number of ether oxygens (including phenoxy) is 1. The summed E-state index contributed by atoms with van der Waals surface area (Å²) < 4.78 is 6.48. The average molecular weight is 290 g/mol. The van der Waals surface area contributed by atoms with Crippen LogP contribution in [0.5, 0.6) is 0 Å². The zero-order valence-electron chi connectivity index (χ0n) is 12.3. The molecule has 2 aromatic heterocycles. The van der Waals surface area contributed by atoms with Gasteiger partial charge in [0.05, 0.1) is 30.1 Å². The first-order valence-electron chi connectivity index (χ1n) is 6.78. The Labute approximate surface area is 122 Å². The van der Waals surface area contributed by atoms with Crippen molar-refractivity contribution in [2.75, 3.05) is 13.2 Å². The van der Waals surface area contributed by atoms with E-state index in [1.54, 1.807) is 30.0 Å². The van der Waals surface area contributed by atoms with E-state index in [0.717, 1.165) is 0 Å². The molecule has 2 rings (SSSR count). The van der Waals surface area contributed by atoms with Crippen molar-refractivity contribution in [1.82, 2.24) is 19.5 Å². The highest BCUT2D eigenvalue weighted by Crippen LogP contribution is 2.14. The van der Waals surface area contributed by atoms with Crippen LogP contribution in [0, 0.1) is 0 Å². The minimum absolute atomic E-state index is 0.0814. The maximum Gasteiger partial charge on any atom is 0.325 e. The Hall–Kier alpha value is -2.44. The largest absolute Gasteiger partial charge is 0.465 e. The van der Waals surface area contributed by atoms with Gasteiger partial charge in [-0.1, -0.05) is 0 Å². The second-order valence-corrected chi connectivity index (χ2v) is 4.80. The zero-order valence-corrected chi connectivity index (χ0v) is 12.3. The summed E-state index contributed by atoms with van der Waals surface area (Å²) in [5.74, 6) is -0.685. The van der Waals surface area contributed by atoms with Gasteiger partial charge >= 0.3 is 5.97 Å². The summed E-state index contributed by atoms with van der Waals surface area (Å²) in [5, 5.41) is 4.11. The predicted molar refractivity (Wildman–Crippen MR) is 75.8 cm³/mol. The smallest absolute Gasteiger partial charge is 0.325 e. The minimum atomic E-state index is -0.422. The standard InChI is InChI=1S/C14H18N4O3/c1-4-21-13(19)9-17(10(2)3)14(20)11-7-16-18-6-5-15-8-12(11)18/h5-8,10H,4,9H2,1-3H3. The maximum atomic E-state index is 12.6. The van der Waals surface area contributed by atoms with E-state index in [0.29, 0.717) is 17.7 Å². The van der Waals surface area contributed by atoms with Gasteiger partial charge < -0.3 is 9.64 Å². The normalized spacial score (nSPS) is 10.9. The minimum Gasteiger partial charge on any atom is -0.465 e. The average Bonchev–Trinajstić information content (AvgIpc) is 2.88. The van der Waals surface area contributed by atoms with Crippen LogP contribution in [0.25, 0.3) is 5.52 Å². The molecule has 0 radical (unpaired) electrons. The number of carbonyl (C=O) groups excluding carboxylic acids is 2. The van der Waals surface area contributed by atoms with Gasteiger partial charge in [-0.25, -0.2) is 4.52 Å². The fourth-order valence-corrected chi connectivity index (χ4v) is 1.99. The number of aromatic nitrogens is 3. The van der Waals surface area contributed by atoms with E-state index < -0.39 is 5.97 Å². The first-order valence-corrected chi connectivity index (χ1v) is 6.78. The number of nitrogens with zero attached hydrogens (tertiary/aromatic N) is 4. The summed E-state index contributed by atoms with van der Waals surface area (Å²) in [5.41, 5.74) is 1.03. The van der Waals surface area contributed by atoms with Crippen LogP contribution < -0.4 is 0 Å². The Morgan fingerprint density at radius 1 is 1.38 bits per heavy atom. The molecule has 7 heteroatoms. The highest BCUT2D eigenvalue weighted by Gasteiger charge is 2.24. The number of amides is 1. The molecule has 7 nitrogen and oxygen atoms in total. The maximum absolute atomic E-state index is 12.6. The molecule has 0 unspecified atom stereocenters. The fourth-order valence-electron chi connectivity index (χ4n) is 1.99. The van der Waals surface area contributed by atoms with Crippen molar-refractivity contribution >= 4 is 17.4 Å². The number of hydrogen-bond acceptors (Lipinski definition) is 5. The first kappa shape index (κ1) is 15.0. The number of rotatable bonds is 5. The molecule has 0 saturated carbocycles. The van der Waals surface area contributed by atoms with Crippen molar-refractivity contribution in [3.63, 3.8) is 0 Å². The van der Waals surface area contributed by atoms with Crippen LogP contribution in [0.15, 0.2) is 24.8 Å². The molecule has 0 fully saturated rings. The van der Waals surface area contributed by atoms with Gasteiger partial charge in [-0.3, -0.25) is 14.6 Å². The van der Waals surface area contributed by atoms with Gasteiger partial charge in [0, 0.05) is 18.4 Å². The molecule has 0 saturated heterocycles. The van der Waals surface area contributed by atoms with E-state index in [4.69, 9.17) is 4.74 Å². The number of esters is 1. The Kier molecular flexibility index (Phi) is 4.52. The van der Waals surface area contributed by atoms with Crippen LogP contribution in [0.3, 0.4) is 0 Å². The van der Waals surface area contributed by atoms with Crippen molar-refractivity contribution in [3.8, 4) is 0 Å². The molecule has 0 spiro atoms. The van der Waals surface area contributed by atoms with Gasteiger partial charge in [0.15, 0.2) is 0 Å². The molecular weight excluding hydrogens is 272 g/mol. The van der Waals surface area contributed by atoms with Crippen LogP contribution in [0.2, 0.25) is 0 Å². The van der Waals surface area contributed by atoms with Crippen molar-refractivity contribution < 1.29 is 14.3 Å². The van der Waals surface area contributed by atoms with Gasteiger partial charge in [0.1, 0.15) is 6.54 Å². The fraction of sp³-hybridized carbons (Fsp3) is 0.429. The summed E-state index contributed by atoms with van der Waals surface area (Å²) in [7, 11) is 0. The van der Waals surface area contributed by atoms with Crippen LogP contribution in [-0.2, 0) is 9.53 Å². The molecule has 0 bridgehead atoms. The van der Waals surface area contributed by atoms with Crippen LogP contribution >= 0.6 is 0 Å². The second-order valence-electron chi connectivity index (χ2n) is 4.80. The van der Waals surface area contributed by atoms with E-state index in [9.17, 15) is 9.59 Å². The molecule has 0 aromatic carbocycles. The Bertz CT molecular complexity index is 650. The molecule has 0 aliphatic carbocycles. The number of carbonyl (C=O) groups is 2. The lowest BCUT2D eigenvalue weighted by atomic mass is 10.2. The third kappa shape index (κ3) is 3.18. The van der Waals surface area contributed by atoms with Gasteiger partial charge in [-0.15, -0.1) is 0 Å². The van der Waals surface area contributed by atoms with E-state index in [1.807, 2.05) is 13.8 Å². The van der Waals surface area contributed by atoms with Gasteiger partial charge in [0.25, 0.3) is 5.91 Å². The van der Waals surface area contributed by atoms with E-state index in [2.05, 4.69) is 10.1 Å². The Morgan fingerprint density at radius 3 is 2.81 bits per heavy atom. The molecule has 21 heavy (non-hydrogen) atoms. The topological polar surface area (TPSA) is 76.8 Å². The van der Waals surface area contributed by atoms with Crippen molar-refractivity contribution in [2.45, 2.75) is 26.8 Å². The lowest BCUT2D eigenvalue weighted by Crippen LogP contribution is -2.41. The van der Waals surface area contributed by atoms with Crippen molar-refractivity contribution in [2.24, 2.45) is 0 Å². The molecule has 0 N–H and O–H groups in total. The van der Waals surface area contributed by atoms with Crippen molar-refractivity contribution in [3.05, 3.63) is 30.4 Å². The molecule has 2 aromatic rings. The first-order chi connectivity index (χ1) is 10.0. The third-order valence-corrected chi connectivity index (χ3v) is 3.04. The van der Waals surface area contributed by atoms with Crippen LogP contribution in [-0.4, -0.2) is 50.6 Å². The molecule has 112 valence electrons. The van der Waals surface area contributed by atoms with E-state index >= 15 is 0 Å². The summed E-state index contributed by atoms with van der Waals surface area (Å²) in [6.07, 6.45) is 6.31. The van der Waals surface area contributed by atoms with Gasteiger partial charge in [0.2, 0.25) is 0 Å². The summed E-state index contributed by atoms with van der Waals surface area (Å²) in [6.45, 7) is 5.64. The Balaban J connectivity index is 2.28. The molecular formula is C14H18N4O3. The van der Waals surface area contributed by atoms with E-state index in [-0.39, 0.29) is 18.5 Å². The van der Waals surface area contributed by atoms with Gasteiger partial charge in [-0.05, 0) is 20.8 Å². The third-order valence-electron chi connectivity index (χ3n) is 3.04. The van der Waals surface area contributed by atoms with Crippen molar-refractivity contribution in [1.29, 1.82) is 0 Å². The van der Waals surface area contributed by atoms with E-state index in [1.165, 1.54) is 11.1 Å².